The van der Waals surface area contributed by atoms with Gasteiger partial charge in [0.25, 0.3) is 5.91 Å². The number of amides is 1. The van der Waals surface area contributed by atoms with Crippen LogP contribution in [0.15, 0.2) is 30.6 Å². The van der Waals surface area contributed by atoms with Gasteiger partial charge in [-0.3, -0.25) is 9.59 Å². The second kappa shape index (κ2) is 8.17. The molecule has 1 amide bonds. The van der Waals surface area contributed by atoms with Gasteiger partial charge >= 0.3 is 5.97 Å². The van der Waals surface area contributed by atoms with E-state index in [-0.39, 0.29) is 41.2 Å². The smallest absolute Gasteiger partial charge is 0.307 e. The van der Waals surface area contributed by atoms with E-state index in [1.165, 1.54) is 6.33 Å². The number of aliphatic carboxylic acids is 1. The standard InChI is InChI=1S/C23H28N4O4/c1-14-12-31-20-18(19(24)25-13-26-20)21(28)27(14)17-8-6-16(7-9-17)23(15(2)22(29)30)10-4-3-5-11-23/h6-9,13-15H,3-5,10-12H2,1-2H3,(H,29,30)(H2,24,25,26)/t14-,15?/m0/s1. The van der Waals surface area contributed by atoms with Gasteiger partial charge in [-0.15, -0.1) is 0 Å². The predicted octanol–water partition coefficient (Wildman–Crippen LogP) is 3.41. The van der Waals surface area contributed by atoms with E-state index in [0.717, 1.165) is 37.7 Å². The van der Waals surface area contributed by atoms with Gasteiger partial charge in [0, 0.05) is 11.1 Å². The number of fused-ring (bicyclic) bond motifs is 1. The fourth-order valence-electron chi connectivity index (χ4n) is 5.00. The van der Waals surface area contributed by atoms with E-state index in [2.05, 4.69) is 9.97 Å². The highest BCUT2D eigenvalue weighted by Crippen LogP contribution is 2.46. The highest BCUT2D eigenvalue weighted by molar-refractivity contribution is 6.11. The summed E-state index contributed by atoms with van der Waals surface area (Å²) < 4.78 is 5.70. The zero-order valence-corrected chi connectivity index (χ0v) is 17.9. The number of nitrogens with zero attached hydrogens (tertiary/aromatic N) is 3. The fourth-order valence-corrected chi connectivity index (χ4v) is 5.00. The molecule has 31 heavy (non-hydrogen) atoms. The molecule has 4 rings (SSSR count). The molecule has 164 valence electrons. The fraction of sp³-hybridized carbons (Fsp3) is 0.478. The van der Waals surface area contributed by atoms with Crippen LogP contribution >= 0.6 is 0 Å². The molecule has 1 unspecified atom stereocenters. The molecule has 1 aromatic heterocycles. The van der Waals surface area contributed by atoms with E-state index in [9.17, 15) is 14.7 Å². The number of benzene rings is 1. The SMILES string of the molecule is CC(C(=O)O)C1(c2ccc(N3C(=O)c4c(N)ncnc4OC[C@@H]3C)cc2)CCCCC1. The first-order valence-electron chi connectivity index (χ1n) is 10.8. The number of nitrogen functional groups attached to an aromatic ring is 1. The quantitative estimate of drug-likeness (QED) is 0.772. The van der Waals surface area contributed by atoms with Crippen molar-refractivity contribution in [3.8, 4) is 5.88 Å². The lowest BCUT2D eigenvalue weighted by molar-refractivity contribution is -0.144. The number of nitrogens with two attached hydrogens (primary N) is 1. The summed E-state index contributed by atoms with van der Waals surface area (Å²) in [5, 5.41) is 9.75. The Morgan fingerprint density at radius 1 is 1.23 bits per heavy atom. The molecule has 8 nitrogen and oxygen atoms in total. The number of hydrogen-bond acceptors (Lipinski definition) is 6. The summed E-state index contributed by atoms with van der Waals surface area (Å²) in [4.78, 5) is 34.8. The first kappa shape index (κ1) is 21.1. The molecule has 1 saturated carbocycles. The molecule has 1 fully saturated rings. The van der Waals surface area contributed by atoms with Crippen molar-refractivity contribution in [1.82, 2.24) is 9.97 Å². The van der Waals surface area contributed by atoms with Crippen molar-refractivity contribution in [1.29, 1.82) is 0 Å². The van der Waals surface area contributed by atoms with Crippen LogP contribution in [0.4, 0.5) is 11.5 Å². The molecule has 1 aliphatic heterocycles. The third-order valence-corrected chi connectivity index (χ3v) is 6.84. The summed E-state index contributed by atoms with van der Waals surface area (Å²) in [7, 11) is 0. The first-order chi connectivity index (χ1) is 14.8. The molecular weight excluding hydrogens is 396 g/mol. The van der Waals surface area contributed by atoms with E-state index in [0.29, 0.717) is 5.69 Å². The van der Waals surface area contributed by atoms with Gasteiger partial charge in [0.2, 0.25) is 5.88 Å². The van der Waals surface area contributed by atoms with Crippen molar-refractivity contribution < 1.29 is 19.4 Å². The Kier molecular flexibility index (Phi) is 5.56. The van der Waals surface area contributed by atoms with Gasteiger partial charge in [0.05, 0.1) is 12.0 Å². The lowest BCUT2D eigenvalue weighted by Crippen LogP contribution is -2.41. The Morgan fingerprint density at radius 3 is 2.55 bits per heavy atom. The van der Waals surface area contributed by atoms with Crippen molar-refractivity contribution in [2.24, 2.45) is 5.92 Å². The Bertz CT molecular complexity index is 986. The van der Waals surface area contributed by atoms with E-state index >= 15 is 0 Å². The summed E-state index contributed by atoms with van der Waals surface area (Å²) in [6, 6.07) is 7.47. The van der Waals surface area contributed by atoms with Gasteiger partial charge in [-0.25, -0.2) is 9.97 Å². The first-order valence-corrected chi connectivity index (χ1v) is 10.8. The van der Waals surface area contributed by atoms with E-state index in [1.807, 2.05) is 31.2 Å². The highest BCUT2D eigenvalue weighted by Gasteiger charge is 2.42. The average molecular weight is 425 g/mol. The van der Waals surface area contributed by atoms with E-state index in [1.54, 1.807) is 11.8 Å². The number of carboxylic acids is 1. The second-order valence-electron chi connectivity index (χ2n) is 8.60. The molecule has 0 bridgehead atoms. The lowest BCUT2D eigenvalue weighted by atomic mass is 9.62. The minimum Gasteiger partial charge on any atom is -0.481 e. The summed E-state index contributed by atoms with van der Waals surface area (Å²) in [5.74, 6) is -1.28. The van der Waals surface area contributed by atoms with Gasteiger partial charge in [0.1, 0.15) is 24.3 Å². The normalized spacial score (nSPS) is 21.5. The minimum atomic E-state index is -0.772. The molecule has 2 aromatic rings. The molecule has 8 heteroatoms. The van der Waals surface area contributed by atoms with Crippen LogP contribution in [0.2, 0.25) is 0 Å². The molecule has 2 heterocycles. The lowest BCUT2D eigenvalue weighted by Gasteiger charge is -2.41. The van der Waals surface area contributed by atoms with Crippen LogP contribution < -0.4 is 15.4 Å². The van der Waals surface area contributed by atoms with Gasteiger partial charge in [-0.05, 0) is 37.5 Å². The van der Waals surface area contributed by atoms with Gasteiger partial charge < -0.3 is 20.5 Å². The van der Waals surface area contributed by atoms with Crippen LogP contribution in [-0.2, 0) is 10.2 Å². The number of hydrogen-bond donors (Lipinski definition) is 2. The number of carboxylic acid groups (broad SMARTS) is 1. The topological polar surface area (TPSA) is 119 Å². The molecule has 1 aromatic carbocycles. The van der Waals surface area contributed by atoms with Crippen molar-refractivity contribution in [2.75, 3.05) is 17.2 Å². The Balaban J connectivity index is 1.71. The highest BCUT2D eigenvalue weighted by atomic mass is 16.5. The van der Waals surface area contributed by atoms with Crippen molar-refractivity contribution in [2.45, 2.75) is 57.4 Å². The summed E-state index contributed by atoms with van der Waals surface area (Å²) in [6.45, 7) is 3.98. The second-order valence-corrected chi connectivity index (χ2v) is 8.60. The third kappa shape index (κ3) is 3.60. The van der Waals surface area contributed by atoms with Crippen LogP contribution in [0, 0.1) is 5.92 Å². The zero-order valence-electron chi connectivity index (χ0n) is 17.9. The number of carbonyl (C=O) groups is 2. The number of aromatic nitrogens is 2. The molecule has 2 aliphatic rings. The van der Waals surface area contributed by atoms with Crippen LogP contribution in [0.1, 0.15) is 61.9 Å². The molecule has 3 N–H and O–H groups in total. The predicted molar refractivity (Wildman–Crippen MR) is 116 cm³/mol. The van der Waals surface area contributed by atoms with Gasteiger partial charge in [-0.2, -0.15) is 0 Å². The average Bonchev–Trinajstić information content (AvgIpc) is 2.90. The molecule has 2 atom stereocenters. The number of rotatable bonds is 4. The monoisotopic (exact) mass is 424 g/mol. The maximum absolute atomic E-state index is 13.3. The molecule has 0 saturated heterocycles. The molecular formula is C23H28N4O4. The third-order valence-electron chi connectivity index (χ3n) is 6.84. The summed E-state index contributed by atoms with van der Waals surface area (Å²) in [6.07, 6.45) is 6.17. The molecule has 1 aliphatic carbocycles. The molecule has 0 spiro atoms. The maximum Gasteiger partial charge on any atom is 0.307 e. The van der Waals surface area contributed by atoms with Crippen molar-refractivity contribution in [3.05, 3.63) is 41.7 Å². The van der Waals surface area contributed by atoms with Crippen LogP contribution in [-0.4, -0.2) is 39.6 Å². The van der Waals surface area contributed by atoms with Crippen molar-refractivity contribution in [3.63, 3.8) is 0 Å². The van der Waals surface area contributed by atoms with Gasteiger partial charge in [0.15, 0.2) is 0 Å². The number of carbonyl (C=O) groups excluding carboxylic acids is 1. The maximum atomic E-state index is 13.3. The zero-order chi connectivity index (χ0) is 22.2. The van der Waals surface area contributed by atoms with Crippen LogP contribution in [0.3, 0.4) is 0 Å². The van der Waals surface area contributed by atoms with E-state index in [4.69, 9.17) is 10.5 Å². The summed E-state index contributed by atoms with van der Waals surface area (Å²) >= 11 is 0. The van der Waals surface area contributed by atoms with Crippen LogP contribution in [0.5, 0.6) is 5.88 Å². The summed E-state index contributed by atoms with van der Waals surface area (Å²) in [5.41, 5.74) is 7.45. The Labute approximate surface area is 181 Å². The Morgan fingerprint density at radius 2 is 1.90 bits per heavy atom. The number of anilines is 2. The largest absolute Gasteiger partial charge is 0.481 e. The minimum absolute atomic E-state index is 0.0853. The molecule has 0 radical (unpaired) electrons. The van der Waals surface area contributed by atoms with E-state index < -0.39 is 11.9 Å². The number of ether oxygens (including phenoxy) is 1. The van der Waals surface area contributed by atoms with Crippen LogP contribution in [0.25, 0.3) is 0 Å². The van der Waals surface area contributed by atoms with Crippen molar-refractivity contribution >= 4 is 23.4 Å². The Hall–Kier alpha value is -3.16. The van der Waals surface area contributed by atoms with Gasteiger partial charge in [-0.1, -0.05) is 38.3 Å².